The number of likely N-dealkylation sites (N-methyl/N-ethyl adjacent to an activating group) is 1. The molecule has 0 aliphatic carbocycles. The first-order chi connectivity index (χ1) is 43.1. The van der Waals surface area contributed by atoms with E-state index in [0.29, 0.717) is 17.4 Å². The maximum Gasteiger partial charge on any atom is 0.361 e. The molecule has 0 saturated heterocycles. The zero-order valence-corrected chi connectivity index (χ0v) is 59.9. The van der Waals surface area contributed by atoms with Crippen molar-refractivity contribution in [3.8, 4) is 0 Å². The van der Waals surface area contributed by atoms with Crippen molar-refractivity contribution in [2.24, 2.45) is 0 Å². The van der Waals surface area contributed by atoms with E-state index in [2.05, 4.69) is 26.0 Å². The molecule has 0 aliphatic heterocycles. The molecule has 2 unspecified atom stereocenters. The summed E-state index contributed by atoms with van der Waals surface area (Å²) in [5.74, 6) is -1.97. The van der Waals surface area contributed by atoms with Gasteiger partial charge in [-0.25, -0.2) is 4.79 Å². The molecule has 0 rings (SSSR count). The second-order valence-corrected chi connectivity index (χ2v) is 28.4. The highest BCUT2D eigenvalue weighted by Gasteiger charge is 2.25. The number of hydrogen-bond acceptors (Lipinski definition) is 7. The Morgan fingerprint density at radius 3 is 0.841 bits per heavy atom. The number of hydrogen-bond donors (Lipinski definition) is 1. The predicted molar refractivity (Wildman–Crippen MR) is 378 cm³/mol. The van der Waals surface area contributed by atoms with E-state index in [0.717, 1.165) is 38.5 Å². The highest BCUT2D eigenvalue weighted by molar-refractivity contribution is 5.71. The topological polar surface area (TPSA) is 108 Å². The molecular weight excluding hydrogens is 1090 g/mol. The lowest BCUT2D eigenvalue weighted by Gasteiger charge is -2.25. The number of carbonyl (C=O) groups excluding carboxylic acids is 2. The minimum atomic E-state index is -1.51. The quantitative estimate of drug-likeness (QED) is 0.0211. The molecule has 9 heteroatoms. The van der Waals surface area contributed by atoms with Gasteiger partial charge in [-0.15, -0.1) is 0 Å². The summed E-state index contributed by atoms with van der Waals surface area (Å²) >= 11 is 0. The van der Waals surface area contributed by atoms with Gasteiger partial charge < -0.3 is 28.5 Å². The lowest BCUT2D eigenvalue weighted by Crippen LogP contribution is -2.40. The lowest BCUT2D eigenvalue weighted by atomic mass is 10.0. The van der Waals surface area contributed by atoms with Crippen molar-refractivity contribution < 1.29 is 42.9 Å². The van der Waals surface area contributed by atoms with Gasteiger partial charge in [0.2, 0.25) is 0 Å². The average Bonchev–Trinajstić information content (AvgIpc) is 3.54. The van der Waals surface area contributed by atoms with Crippen molar-refractivity contribution in [2.45, 2.75) is 431 Å². The van der Waals surface area contributed by atoms with Gasteiger partial charge in [-0.05, 0) is 38.5 Å². The second-order valence-electron chi connectivity index (χ2n) is 28.4. The van der Waals surface area contributed by atoms with Crippen molar-refractivity contribution in [1.82, 2.24) is 0 Å². The molecule has 0 aliphatic rings. The Bertz CT molecular complexity index is 1450. The third-order valence-electron chi connectivity index (χ3n) is 18.3. The first-order valence-electron chi connectivity index (χ1n) is 39.4. The van der Waals surface area contributed by atoms with Gasteiger partial charge in [0.15, 0.2) is 6.10 Å². The fraction of sp³-hybridized carbons (Fsp3) is 0.937. The summed E-state index contributed by atoms with van der Waals surface area (Å²) in [5.41, 5.74) is 0. The summed E-state index contributed by atoms with van der Waals surface area (Å²) in [6.07, 6.45) is 85.2. The van der Waals surface area contributed by atoms with E-state index in [-0.39, 0.29) is 38.2 Å². The van der Waals surface area contributed by atoms with Gasteiger partial charge >= 0.3 is 17.9 Å². The number of carbonyl (C=O) groups is 3. The van der Waals surface area contributed by atoms with Crippen LogP contribution in [-0.4, -0.2) is 87.4 Å². The predicted octanol–water partition coefficient (Wildman–Crippen LogP) is 24.8. The molecule has 2 atom stereocenters. The molecule has 9 nitrogen and oxygen atoms in total. The largest absolute Gasteiger partial charge is 0.477 e. The SMILES string of the molecule is CCCCCCCCCC/C=C\CCCCCCCCCCCCCCCCCC(=O)OC(COC(=O)CCCCCCCCCCCCCCCCCCCCCCCCCCCCCCCCCCCCCC)COC(OCC[N+](C)(C)C)C(=O)O. The zero-order valence-electron chi connectivity index (χ0n) is 59.9. The van der Waals surface area contributed by atoms with Crippen molar-refractivity contribution in [1.29, 1.82) is 0 Å². The van der Waals surface area contributed by atoms with Crippen LogP contribution >= 0.6 is 0 Å². The van der Waals surface area contributed by atoms with Gasteiger partial charge in [0, 0.05) is 12.8 Å². The van der Waals surface area contributed by atoms with E-state index in [1.54, 1.807) is 0 Å². The van der Waals surface area contributed by atoms with Crippen LogP contribution in [0.3, 0.4) is 0 Å². The number of nitrogens with zero attached hydrogens (tertiary/aromatic N) is 1. The molecule has 0 spiro atoms. The van der Waals surface area contributed by atoms with Crippen molar-refractivity contribution in [3.05, 3.63) is 12.2 Å². The Labute approximate surface area is 548 Å². The third kappa shape index (κ3) is 71.5. The number of unbranched alkanes of at least 4 members (excludes halogenated alkanes) is 58. The van der Waals surface area contributed by atoms with Gasteiger partial charge in [-0.1, -0.05) is 379 Å². The number of allylic oxidation sites excluding steroid dienone is 2. The Hall–Kier alpha value is -1.97. The molecule has 0 heterocycles. The number of rotatable bonds is 75. The smallest absolute Gasteiger partial charge is 0.361 e. The van der Waals surface area contributed by atoms with E-state index in [9.17, 15) is 19.5 Å². The normalized spacial score (nSPS) is 12.6. The van der Waals surface area contributed by atoms with Crippen LogP contribution in [0.5, 0.6) is 0 Å². The molecule has 0 fully saturated rings. The van der Waals surface area contributed by atoms with E-state index >= 15 is 0 Å². The molecular formula is C79H154NO8+. The lowest BCUT2D eigenvalue weighted by molar-refractivity contribution is -0.870. The van der Waals surface area contributed by atoms with Crippen LogP contribution in [0.2, 0.25) is 0 Å². The van der Waals surface area contributed by atoms with Crippen LogP contribution in [0.4, 0.5) is 0 Å². The minimum Gasteiger partial charge on any atom is -0.477 e. The summed E-state index contributed by atoms with van der Waals surface area (Å²) < 4.78 is 23.1. The monoisotopic (exact) mass is 1250 g/mol. The van der Waals surface area contributed by atoms with Crippen LogP contribution in [0.1, 0.15) is 418 Å². The highest BCUT2D eigenvalue weighted by Crippen LogP contribution is 2.20. The molecule has 0 radical (unpaired) electrons. The molecule has 1 N–H and O–H groups in total. The number of aliphatic carboxylic acids is 1. The van der Waals surface area contributed by atoms with Gasteiger partial charge in [-0.2, -0.15) is 0 Å². The molecule has 0 amide bonds. The maximum atomic E-state index is 13.0. The van der Waals surface area contributed by atoms with E-state index < -0.39 is 18.4 Å². The van der Waals surface area contributed by atoms with E-state index in [1.807, 2.05) is 21.1 Å². The van der Waals surface area contributed by atoms with Gasteiger partial charge in [0.05, 0.1) is 34.4 Å². The molecule has 0 saturated carbocycles. The first kappa shape index (κ1) is 86.0. The van der Waals surface area contributed by atoms with Gasteiger partial charge in [0.25, 0.3) is 6.29 Å². The van der Waals surface area contributed by atoms with E-state index in [4.69, 9.17) is 18.9 Å². The summed E-state index contributed by atoms with van der Waals surface area (Å²) in [6.45, 7) is 4.97. The number of quaternary nitrogens is 1. The molecule has 0 bridgehead atoms. The van der Waals surface area contributed by atoms with Gasteiger partial charge in [-0.3, -0.25) is 9.59 Å². The second kappa shape index (κ2) is 70.9. The average molecular weight is 1250 g/mol. The minimum absolute atomic E-state index is 0.174. The molecule has 88 heavy (non-hydrogen) atoms. The Balaban J connectivity index is 3.95. The number of esters is 2. The highest BCUT2D eigenvalue weighted by atomic mass is 16.7. The Kier molecular flexibility index (Phi) is 69.3. The van der Waals surface area contributed by atoms with Crippen molar-refractivity contribution in [3.63, 3.8) is 0 Å². The summed E-state index contributed by atoms with van der Waals surface area (Å²) in [6, 6.07) is 0. The summed E-state index contributed by atoms with van der Waals surface area (Å²) in [5, 5.41) is 9.76. The number of carboxylic acids is 1. The molecule has 0 aromatic rings. The fourth-order valence-corrected chi connectivity index (χ4v) is 12.3. The van der Waals surface area contributed by atoms with Crippen LogP contribution < -0.4 is 0 Å². The van der Waals surface area contributed by atoms with Crippen molar-refractivity contribution >= 4 is 17.9 Å². The standard InChI is InChI=1S/C79H153NO8/c1-6-8-10-12-14-16-18-20-22-24-26-28-30-32-34-35-36-37-38-39-40-41-42-44-45-47-49-51-53-55-57-59-61-63-65-67-69-76(81)86-73-75(74-87-79(78(83)84)85-72-71-80(3,4)5)88-77(82)70-68-66-64-62-60-58-56-54-52-50-48-46-43-33-31-29-27-25-23-21-19-17-15-13-11-9-7-2/h25,27,75,79H,6-24,26,28-74H2,1-5H3/p+1/b27-25-. The molecule has 0 aromatic heterocycles. The summed E-state index contributed by atoms with van der Waals surface area (Å²) in [4.78, 5) is 37.7. The van der Waals surface area contributed by atoms with Crippen LogP contribution in [0.25, 0.3) is 0 Å². The number of carboxylic acid groups (broad SMARTS) is 1. The molecule has 522 valence electrons. The fourth-order valence-electron chi connectivity index (χ4n) is 12.3. The Morgan fingerprint density at radius 2 is 0.580 bits per heavy atom. The van der Waals surface area contributed by atoms with Crippen LogP contribution in [0.15, 0.2) is 12.2 Å². The van der Waals surface area contributed by atoms with E-state index in [1.165, 1.54) is 353 Å². The van der Waals surface area contributed by atoms with Crippen LogP contribution in [0, 0.1) is 0 Å². The summed E-state index contributed by atoms with van der Waals surface area (Å²) in [7, 11) is 6.00. The Morgan fingerprint density at radius 1 is 0.330 bits per heavy atom. The van der Waals surface area contributed by atoms with Crippen LogP contribution in [-0.2, 0) is 33.3 Å². The van der Waals surface area contributed by atoms with Crippen molar-refractivity contribution in [2.75, 3.05) is 47.5 Å². The number of ether oxygens (including phenoxy) is 4. The molecule has 0 aromatic carbocycles. The third-order valence-corrected chi connectivity index (χ3v) is 18.3. The zero-order chi connectivity index (χ0) is 64.0. The maximum absolute atomic E-state index is 13.0. The van der Waals surface area contributed by atoms with Gasteiger partial charge in [0.1, 0.15) is 13.2 Å². The first-order valence-corrected chi connectivity index (χ1v) is 39.4.